The van der Waals surface area contributed by atoms with E-state index in [-0.39, 0.29) is 6.03 Å². The SMILES string of the molecule is CCN1C(=O)N(C)c2cnc(Nc3c(C)cccc3C)nc2N1C1CCCC1. The van der Waals surface area contributed by atoms with Crippen molar-refractivity contribution < 1.29 is 4.79 Å². The summed E-state index contributed by atoms with van der Waals surface area (Å²) in [4.78, 5) is 23.9. The molecule has 0 unspecified atom stereocenters. The smallest absolute Gasteiger partial charge is 0.324 e. The molecule has 0 saturated heterocycles. The van der Waals surface area contributed by atoms with Crippen molar-refractivity contribution >= 4 is 29.2 Å². The topological polar surface area (TPSA) is 64.6 Å². The molecule has 0 spiro atoms. The molecule has 0 radical (unpaired) electrons. The summed E-state index contributed by atoms with van der Waals surface area (Å²) in [6.07, 6.45) is 6.30. The number of rotatable bonds is 4. The highest BCUT2D eigenvalue weighted by Gasteiger charge is 2.39. The molecule has 1 aliphatic heterocycles. The lowest BCUT2D eigenvalue weighted by Gasteiger charge is -2.45. The fraction of sp³-hybridized carbons (Fsp3) is 0.476. The number of aryl methyl sites for hydroxylation is 2. The predicted molar refractivity (Wildman–Crippen MR) is 112 cm³/mol. The van der Waals surface area contributed by atoms with E-state index in [0.717, 1.165) is 41.2 Å². The summed E-state index contributed by atoms with van der Waals surface area (Å²) in [5.74, 6) is 1.36. The summed E-state index contributed by atoms with van der Waals surface area (Å²) in [5.41, 5.74) is 4.09. The van der Waals surface area contributed by atoms with Crippen molar-refractivity contribution in [2.45, 2.75) is 52.5 Å². The second kappa shape index (κ2) is 7.30. The third kappa shape index (κ3) is 3.04. The summed E-state index contributed by atoms with van der Waals surface area (Å²) in [5, 5.41) is 7.32. The maximum atomic E-state index is 12.9. The zero-order valence-electron chi connectivity index (χ0n) is 17.1. The second-order valence-corrected chi connectivity index (χ2v) is 7.63. The molecule has 1 saturated carbocycles. The number of aromatic nitrogens is 2. The van der Waals surface area contributed by atoms with Crippen LogP contribution in [0.3, 0.4) is 0 Å². The van der Waals surface area contributed by atoms with Crippen LogP contribution < -0.4 is 15.2 Å². The van der Waals surface area contributed by atoms with Gasteiger partial charge in [0.25, 0.3) is 0 Å². The van der Waals surface area contributed by atoms with E-state index in [1.165, 1.54) is 12.8 Å². The molecule has 1 aromatic carbocycles. The van der Waals surface area contributed by atoms with Gasteiger partial charge in [0.05, 0.1) is 12.2 Å². The number of carbonyl (C=O) groups excluding carboxylic acids is 1. The first-order valence-electron chi connectivity index (χ1n) is 10.1. The van der Waals surface area contributed by atoms with Crippen LogP contribution in [0, 0.1) is 13.8 Å². The molecule has 7 nitrogen and oxygen atoms in total. The van der Waals surface area contributed by atoms with Gasteiger partial charge in [0, 0.05) is 19.3 Å². The highest BCUT2D eigenvalue weighted by Crippen LogP contribution is 2.39. The normalized spacial score (nSPS) is 17.3. The van der Waals surface area contributed by atoms with E-state index in [1.54, 1.807) is 18.1 Å². The fourth-order valence-corrected chi connectivity index (χ4v) is 4.24. The van der Waals surface area contributed by atoms with Gasteiger partial charge < -0.3 is 5.32 Å². The van der Waals surface area contributed by atoms with Gasteiger partial charge in [0.2, 0.25) is 5.95 Å². The van der Waals surface area contributed by atoms with Crippen LogP contribution in [0.2, 0.25) is 0 Å². The average molecular weight is 380 g/mol. The van der Waals surface area contributed by atoms with Crippen LogP contribution in [0.4, 0.5) is 27.9 Å². The number of fused-ring (bicyclic) bond motifs is 1. The Hall–Kier alpha value is -2.83. The van der Waals surface area contributed by atoms with Crippen LogP contribution in [0.5, 0.6) is 0 Å². The summed E-state index contributed by atoms with van der Waals surface area (Å²) < 4.78 is 0. The molecule has 0 atom stereocenters. The quantitative estimate of drug-likeness (QED) is 0.852. The Labute approximate surface area is 166 Å². The molecule has 148 valence electrons. The van der Waals surface area contributed by atoms with Crippen molar-refractivity contribution in [3.63, 3.8) is 0 Å². The first-order valence-corrected chi connectivity index (χ1v) is 10.1. The molecule has 2 aromatic rings. The molecule has 28 heavy (non-hydrogen) atoms. The van der Waals surface area contributed by atoms with Gasteiger partial charge >= 0.3 is 6.03 Å². The molecule has 0 bridgehead atoms. The van der Waals surface area contributed by atoms with Crippen molar-refractivity contribution in [2.24, 2.45) is 0 Å². The van der Waals surface area contributed by atoms with Crippen molar-refractivity contribution in [1.29, 1.82) is 0 Å². The first kappa shape index (κ1) is 18.5. The minimum absolute atomic E-state index is 0.0269. The first-order chi connectivity index (χ1) is 13.5. The maximum Gasteiger partial charge on any atom is 0.343 e. The maximum absolute atomic E-state index is 12.9. The Morgan fingerprint density at radius 1 is 1.18 bits per heavy atom. The van der Waals surface area contributed by atoms with Crippen LogP contribution in [0.25, 0.3) is 0 Å². The van der Waals surface area contributed by atoms with Crippen molar-refractivity contribution in [3.05, 3.63) is 35.5 Å². The van der Waals surface area contributed by atoms with Gasteiger partial charge in [-0.1, -0.05) is 31.0 Å². The lowest BCUT2D eigenvalue weighted by Crippen LogP contribution is -2.59. The Morgan fingerprint density at radius 2 is 1.86 bits per heavy atom. The second-order valence-electron chi connectivity index (χ2n) is 7.63. The zero-order chi connectivity index (χ0) is 19.8. The van der Waals surface area contributed by atoms with E-state index in [9.17, 15) is 4.79 Å². The van der Waals surface area contributed by atoms with Crippen LogP contribution in [-0.2, 0) is 0 Å². The molecule has 2 amide bonds. The number of benzene rings is 1. The number of carbonyl (C=O) groups is 1. The number of hydrogen-bond acceptors (Lipinski definition) is 5. The molecule has 1 fully saturated rings. The molecule has 4 rings (SSSR count). The summed E-state index contributed by atoms with van der Waals surface area (Å²) in [6, 6.07) is 6.47. The number of amides is 2. The van der Waals surface area contributed by atoms with E-state index in [1.807, 2.05) is 18.0 Å². The van der Waals surface area contributed by atoms with E-state index < -0.39 is 0 Å². The number of para-hydroxylation sites is 1. The summed E-state index contributed by atoms with van der Waals surface area (Å²) >= 11 is 0. The van der Waals surface area contributed by atoms with Gasteiger partial charge in [-0.05, 0) is 44.7 Å². The number of nitrogens with one attached hydrogen (secondary N) is 1. The molecular weight excluding hydrogens is 352 g/mol. The van der Waals surface area contributed by atoms with E-state index in [4.69, 9.17) is 4.98 Å². The average Bonchev–Trinajstić information content (AvgIpc) is 3.21. The highest BCUT2D eigenvalue weighted by molar-refractivity contribution is 5.98. The van der Waals surface area contributed by atoms with E-state index in [0.29, 0.717) is 18.5 Å². The number of nitrogens with zero attached hydrogens (tertiary/aromatic N) is 5. The van der Waals surface area contributed by atoms with Gasteiger partial charge in [0.1, 0.15) is 5.69 Å². The summed E-state index contributed by atoms with van der Waals surface area (Å²) in [7, 11) is 1.79. The Kier molecular flexibility index (Phi) is 4.83. The standard InChI is InChI=1S/C21H28N6O/c1-5-26-21(28)25(4)17-13-22-20(23-18-14(2)9-8-10-15(18)3)24-19(17)27(26)16-11-6-7-12-16/h8-10,13,16H,5-7,11-12H2,1-4H3,(H,22,23,24). The Balaban J connectivity index is 1.76. The van der Waals surface area contributed by atoms with Gasteiger partial charge in [-0.3, -0.25) is 9.91 Å². The fourth-order valence-electron chi connectivity index (χ4n) is 4.24. The number of hydrogen-bond donors (Lipinski definition) is 1. The monoisotopic (exact) mass is 380 g/mol. The predicted octanol–water partition coefficient (Wildman–Crippen LogP) is 4.39. The van der Waals surface area contributed by atoms with Crippen LogP contribution in [-0.4, -0.2) is 40.6 Å². The number of hydrazine groups is 1. The zero-order valence-corrected chi connectivity index (χ0v) is 17.1. The largest absolute Gasteiger partial charge is 0.343 e. The minimum atomic E-state index is -0.0269. The minimum Gasteiger partial charge on any atom is -0.324 e. The number of urea groups is 1. The van der Waals surface area contributed by atoms with Gasteiger partial charge in [-0.25, -0.2) is 14.8 Å². The third-order valence-corrected chi connectivity index (χ3v) is 5.78. The molecule has 2 heterocycles. The number of anilines is 4. The van der Waals surface area contributed by atoms with Gasteiger partial charge in [0.15, 0.2) is 5.82 Å². The summed E-state index contributed by atoms with van der Waals surface area (Å²) in [6.45, 7) is 6.77. The van der Waals surface area contributed by atoms with E-state index >= 15 is 0 Å². The van der Waals surface area contributed by atoms with Crippen molar-refractivity contribution in [3.8, 4) is 0 Å². The molecule has 1 aromatic heterocycles. The Morgan fingerprint density at radius 3 is 2.50 bits per heavy atom. The van der Waals surface area contributed by atoms with Crippen LogP contribution in [0.1, 0.15) is 43.7 Å². The lowest BCUT2D eigenvalue weighted by atomic mass is 10.1. The van der Waals surface area contributed by atoms with Crippen LogP contribution >= 0.6 is 0 Å². The van der Waals surface area contributed by atoms with Gasteiger partial charge in [-0.15, -0.1) is 0 Å². The molecule has 1 N–H and O–H groups in total. The van der Waals surface area contributed by atoms with Gasteiger partial charge in [-0.2, -0.15) is 4.98 Å². The van der Waals surface area contributed by atoms with Crippen molar-refractivity contribution in [1.82, 2.24) is 15.0 Å². The lowest BCUT2D eigenvalue weighted by molar-refractivity contribution is 0.191. The molecular formula is C21H28N6O. The van der Waals surface area contributed by atoms with E-state index in [2.05, 4.69) is 41.3 Å². The molecule has 7 heteroatoms. The molecule has 1 aliphatic carbocycles. The molecule has 2 aliphatic rings. The highest BCUT2D eigenvalue weighted by atomic mass is 16.2. The Bertz CT molecular complexity index is 872. The van der Waals surface area contributed by atoms with Crippen molar-refractivity contribution in [2.75, 3.05) is 28.8 Å². The van der Waals surface area contributed by atoms with Crippen LogP contribution in [0.15, 0.2) is 24.4 Å². The third-order valence-electron chi connectivity index (χ3n) is 5.78.